The van der Waals surface area contributed by atoms with E-state index in [-0.39, 0.29) is 30.7 Å². The molecular formula is C21H25N3O5S. The summed E-state index contributed by atoms with van der Waals surface area (Å²) >= 11 is 1.45. The monoisotopic (exact) mass is 431 g/mol. The zero-order valence-electron chi connectivity index (χ0n) is 17.1. The van der Waals surface area contributed by atoms with E-state index in [0.717, 1.165) is 0 Å². The van der Waals surface area contributed by atoms with E-state index >= 15 is 0 Å². The summed E-state index contributed by atoms with van der Waals surface area (Å²) in [6.45, 7) is 2.11. The number of carbonyl (C=O) groups excluding carboxylic acids is 3. The van der Waals surface area contributed by atoms with Gasteiger partial charge in [-0.15, -0.1) is 0 Å². The summed E-state index contributed by atoms with van der Waals surface area (Å²) in [5.41, 5.74) is 1.09. The van der Waals surface area contributed by atoms with Crippen LogP contribution in [0.25, 0.3) is 0 Å². The van der Waals surface area contributed by atoms with Crippen LogP contribution in [-0.4, -0.2) is 74.5 Å². The molecule has 0 radical (unpaired) electrons. The minimum atomic E-state index is -0.173. The predicted octanol–water partition coefficient (Wildman–Crippen LogP) is 1.87. The Hall–Kier alpha value is -3.07. The van der Waals surface area contributed by atoms with Crippen LogP contribution in [0.3, 0.4) is 0 Å². The highest BCUT2D eigenvalue weighted by molar-refractivity contribution is 7.08. The smallest absolute Gasteiger partial charge is 0.254 e. The Morgan fingerprint density at radius 1 is 0.967 bits per heavy atom. The highest BCUT2D eigenvalue weighted by atomic mass is 32.1. The van der Waals surface area contributed by atoms with Crippen molar-refractivity contribution in [3.63, 3.8) is 0 Å². The highest BCUT2D eigenvalue weighted by Gasteiger charge is 2.25. The number of nitrogens with zero attached hydrogens (tertiary/aromatic N) is 2. The van der Waals surface area contributed by atoms with Crippen molar-refractivity contribution < 1.29 is 23.9 Å². The zero-order valence-corrected chi connectivity index (χ0v) is 17.9. The Morgan fingerprint density at radius 2 is 1.60 bits per heavy atom. The topological polar surface area (TPSA) is 88.2 Å². The van der Waals surface area contributed by atoms with Crippen molar-refractivity contribution in [1.82, 2.24) is 15.1 Å². The number of hydrogen-bond acceptors (Lipinski definition) is 6. The van der Waals surface area contributed by atoms with Gasteiger partial charge < -0.3 is 24.6 Å². The molecule has 8 nitrogen and oxygen atoms in total. The van der Waals surface area contributed by atoms with E-state index in [0.29, 0.717) is 48.8 Å². The van der Waals surface area contributed by atoms with Gasteiger partial charge in [0.25, 0.3) is 11.8 Å². The van der Waals surface area contributed by atoms with Gasteiger partial charge >= 0.3 is 0 Å². The number of amides is 3. The summed E-state index contributed by atoms with van der Waals surface area (Å²) in [5, 5.41) is 6.36. The van der Waals surface area contributed by atoms with Crippen LogP contribution >= 0.6 is 11.3 Å². The Labute approximate surface area is 179 Å². The molecule has 0 aliphatic carbocycles. The molecule has 1 fully saturated rings. The van der Waals surface area contributed by atoms with E-state index < -0.39 is 0 Å². The van der Waals surface area contributed by atoms with Crippen molar-refractivity contribution in [3.05, 3.63) is 46.2 Å². The molecule has 0 saturated carbocycles. The largest absolute Gasteiger partial charge is 0.497 e. The summed E-state index contributed by atoms with van der Waals surface area (Å²) in [6, 6.07) is 6.82. The van der Waals surface area contributed by atoms with Crippen molar-refractivity contribution in [3.8, 4) is 11.5 Å². The molecule has 0 atom stereocenters. The first-order chi connectivity index (χ1) is 14.5. The van der Waals surface area contributed by atoms with Gasteiger partial charge in [-0.25, -0.2) is 0 Å². The van der Waals surface area contributed by atoms with Gasteiger partial charge in [0.15, 0.2) is 0 Å². The van der Waals surface area contributed by atoms with Gasteiger partial charge in [-0.3, -0.25) is 14.4 Å². The molecule has 1 aromatic heterocycles. The second-order valence-corrected chi connectivity index (χ2v) is 7.57. The summed E-state index contributed by atoms with van der Waals surface area (Å²) in [4.78, 5) is 40.6. The van der Waals surface area contributed by atoms with Gasteiger partial charge in [0, 0.05) is 61.7 Å². The van der Waals surface area contributed by atoms with Gasteiger partial charge in [0.05, 0.1) is 14.2 Å². The maximum absolute atomic E-state index is 12.8. The second-order valence-electron chi connectivity index (χ2n) is 6.79. The average Bonchev–Trinajstić information content (AvgIpc) is 3.33. The van der Waals surface area contributed by atoms with E-state index in [4.69, 9.17) is 9.47 Å². The van der Waals surface area contributed by atoms with Crippen LogP contribution in [-0.2, 0) is 4.79 Å². The van der Waals surface area contributed by atoms with Crippen LogP contribution in [0.2, 0.25) is 0 Å². The number of ether oxygens (including phenoxy) is 2. The van der Waals surface area contributed by atoms with Gasteiger partial charge in [-0.2, -0.15) is 11.3 Å². The molecule has 1 saturated heterocycles. The van der Waals surface area contributed by atoms with Gasteiger partial charge in [-0.05, 0) is 23.6 Å². The van der Waals surface area contributed by atoms with Crippen molar-refractivity contribution in [1.29, 1.82) is 0 Å². The summed E-state index contributed by atoms with van der Waals surface area (Å²) < 4.78 is 10.5. The Bertz CT molecular complexity index is 870. The van der Waals surface area contributed by atoms with Gasteiger partial charge in [0.2, 0.25) is 5.91 Å². The third kappa shape index (κ3) is 5.29. The normalized spacial score (nSPS) is 13.7. The highest BCUT2D eigenvalue weighted by Crippen LogP contribution is 2.23. The lowest BCUT2D eigenvalue weighted by atomic mass is 10.1. The molecule has 1 aromatic carbocycles. The molecule has 9 heteroatoms. The molecule has 3 rings (SSSR count). The third-order valence-corrected chi connectivity index (χ3v) is 5.61. The lowest BCUT2D eigenvalue weighted by Crippen LogP contribution is -2.51. The molecule has 160 valence electrons. The predicted molar refractivity (Wildman–Crippen MR) is 113 cm³/mol. The molecule has 0 unspecified atom stereocenters. The number of nitrogens with one attached hydrogen (secondary N) is 1. The van der Waals surface area contributed by atoms with E-state index in [1.807, 2.05) is 5.38 Å². The van der Waals surface area contributed by atoms with E-state index in [2.05, 4.69) is 5.32 Å². The van der Waals surface area contributed by atoms with Crippen LogP contribution in [0.1, 0.15) is 27.1 Å². The second kappa shape index (κ2) is 10.1. The number of benzene rings is 1. The lowest BCUT2D eigenvalue weighted by molar-refractivity contribution is -0.132. The molecule has 0 bridgehead atoms. The fourth-order valence-electron chi connectivity index (χ4n) is 3.21. The Balaban J connectivity index is 1.47. The molecule has 0 spiro atoms. The molecule has 1 aliphatic heterocycles. The van der Waals surface area contributed by atoms with Gasteiger partial charge in [-0.1, -0.05) is 0 Å². The van der Waals surface area contributed by atoms with E-state index in [9.17, 15) is 14.4 Å². The molecule has 1 aliphatic rings. The summed E-state index contributed by atoms with van der Waals surface area (Å²) in [5.74, 6) is 0.776. The SMILES string of the molecule is COc1cc(OC)cc(C(=O)N2CCN(C(=O)CCNC(=O)c3ccsc3)CC2)c1. The quantitative estimate of drug-likeness (QED) is 0.723. The first kappa shape index (κ1) is 21.6. The molecule has 2 aromatic rings. The lowest BCUT2D eigenvalue weighted by Gasteiger charge is -2.35. The average molecular weight is 432 g/mol. The number of thiophene rings is 1. The van der Waals surface area contributed by atoms with Crippen LogP contribution in [0.5, 0.6) is 11.5 Å². The fourth-order valence-corrected chi connectivity index (χ4v) is 3.85. The van der Waals surface area contributed by atoms with Crippen LogP contribution in [0, 0.1) is 0 Å². The molecular weight excluding hydrogens is 406 g/mol. The molecule has 1 N–H and O–H groups in total. The van der Waals surface area contributed by atoms with Gasteiger partial charge in [0.1, 0.15) is 11.5 Å². The summed E-state index contributed by atoms with van der Waals surface area (Å²) in [7, 11) is 3.08. The third-order valence-electron chi connectivity index (χ3n) is 4.93. The fraction of sp³-hybridized carbons (Fsp3) is 0.381. The Kier molecular flexibility index (Phi) is 7.29. The number of piperazine rings is 1. The van der Waals surface area contributed by atoms with E-state index in [1.165, 1.54) is 25.6 Å². The van der Waals surface area contributed by atoms with Crippen molar-refractivity contribution in [2.24, 2.45) is 0 Å². The van der Waals surface area contributed by atoms with E-state index in [1.54, 1.807) is 39.4 Å². The molecule has 2 heterocycles. The Morgan fingerprint density at radius 3 is 2.17 bits per heavy atom. The molecule has 30 heavy (non-hydrogen) atoms. The minimum Gasteiger partial charge on any atom is -0.497 e. The molecule has 3 amide bonds. The van der Waals surface area contributed by atoms with Crippen LogP contribution in [0.15, 0.2) is 35.0 Å². The zero-order chi connectivity index (χ0) is 21.5. The maximum Gasteiger partial charge on any atom is 0.254 e. The number of rotatable bonds is 7. The van der Waals surface area contributed by atoms with Crippen molar-refractivity contribution in [2.75, 3.05) is 46.9 Å². The summed E-state index contributed by atoms with van der Waals surface area (Å²) in [6.07, 6.45) is 0.233. The van der Waals surface area contributed by atoms with Crippen molar-refractivity contribution in [2.45, 2.75) is 6.42 Å². The maximum atomic E-state index is 12.8. The van der Waals surface area contributed by atoms with Crippen LogP contribution in [0.4, 0.5) is 0 Å². The number of hydrogen-bond donors (Lipinski definition) is 1. The van der Waals surface area contributed by atoms with Crippen LogP contribution < -0.4 is 14.8 Å². The first-order valence-electron chi connectivity index (χ1n) is 9.62. The first-order valence-corrected chi connectivity index (χ1v) is 10.6. The number of methoxy groups -OCH3 is 2. The number of carbonyl (C=O) groups is 3. The minimum absolute atomic E-state index is 0.0317. The van der Waals surface area contributed by atoms with Crippen molar-refractivity contribution >= 4 is 29.1 Å². The standard InChI is InChI=1S/C21H25N3O5S/c1-28-17-11-16(12-18(13-17)29-2)21(27)24-8-6-23(7-9-24)19(25)3-5-22-20(26)15-4-10-30-14-15/h4,10-14H,3,5-9H2,1-2H3,(H,22,26).